The van der Waals surface area contributed by atoms with Crippen molar-refractivity contribution in [1.29, 1.82) is 0 Å². The molecule has 0 fully saturated rings. The van der Waals surface area contributed by atoms with E-state index in [9.17, 15) is 10.1 Å². The van der Waals surface area contributed by atoms with Gasteiger partial charge < -0.3 is 9.72 Å². The number of H-pyrrole nitrogens is 1. The molecule has 0 aliphatic rings. The summed E-state index contributed by atoms with van der Waals surface area (Å²) in [6.07, 6.45) is 0. The molecule has 0 atom stereocenters. The lowest BCUT2D eigenvalue weighted by molar-refractivity contribution is -0.384. The zero-order chi connectivity index (χ0) is 21.3. The maximum atomic E-state index is 11.4. The second-order valence-electron chi connectivity index (χ2n) is 7.14. The zero-order valence-corrected chi connectivity index (χ0v) is 17.0. The summed E-state index contributed by atoms with van der Waals surface area (Å²) in [4.78, 5) is 19.3. The molecule has 0 saturated carbocycles. The molecule has 1 N–H and O–H groups in total. The molecule has 6 heteroatoms. The van der Waals surface area contributed by atoms with E-state index >= 15 is 0 Å². The van der Waals surface area contributed by atoms with Gasteiger partial charge in [0.05, 0.1) is 23.4 Å². The largest absolute Gasteiger partial charge is 0.496 e. The van der Waals surface area contributed by atoms with Gasteiger partial charge in [-0.3, -0.25) is 10.1 Å². The third kappa shape index (κ3) is 3.55. The van der Waals surface area contributed by atoms with Crippen LogP contribution >= 0.6 is 0 Å². The number of aromatic amines is 1. The first kappa shape index (κ1) is 19.4. The number of imidazole rings is 1. The third-order valence-corrected chi connectivity index (χ3v) is 5.06. The van der Waals surface area contributed by atoms with Crippen molar-refractivity contribution in [2.24, 2.45) is 0 Å². The first-order valence-corrected chi connectivity index (χ1v) is 9.54. The molecular formula is C24H21N3O3. The molecule has 0 radical (unpaired) electrons. The van der Waals surface area contributed by atoms with Crippen LogP contribution in [0.3, 0.4) is 0 Å². The summed E-state index contributed by atoms with van der Waals surface area (Å²) in [5.41, 5.74) is 6.09. The highest BCUT2D eigenvalue weighted by atomic mass is 16.6. The van der Waals surface area contributed by atoms with E-state index in [2.05, 4.69) is 23.2 Å². The van der Waals surface area contributed by atoms with E-state index in [-0.39, 0.29) is 5.69 Å². The van der Waals surface area contributed by atoms with Crippen molar-refractivity contribution in [3.63, 3.8) is 0 Å². The second kappa shape index (κ2) is 7.83. The summed E-state index contributed by atoms with van der Waals surface area (Å²) in [6.45, 7) is 4.07. The molecule has 150 valence electrons. The smallest absolute Gasteiger partial charge is 0.270 e. The Kier molecular flexibility index (Phi) is 5.06. The maximum absolute atomic E-state index is 11.4. The molecule has 0 spiro atoms. The van der Waals surface area contributed by atoms with Gasteiger partial charge in [-0.2, -0.15) is 0 Å². The highest BCUT2D eigenvalue weighted by molar-refractivity contribution is 5.85. The van der Waals surface area contributed by atoms with Crippen LogP contribution in [0.15, 0.2) is 66.7 Å². The lowest BCUT2D eigenvalue weighted by Crippen LogP contribution is -1.94. The molecule has 0 aliphatic carbocycles. The standard InChI is InChI=1S/C24H21N3O3/c1-15-9-10-16(2)19(13-15)24-25-22(17-7-5-4-6-8-17)23(26-24)20-14-18(27(28)29)11-12-21(20)30-3/h4-14H,1-3H3,(H,25,26). The molecule has 6 nitrogen and oxygen atoms in total. The van der Waals surface area contributed by atoms with Crippen LogP contribution in [-0.2, 0) is 0 Å². The van der Waals surface area contributed by atoms with Gasteiger partial charge in [0, 0.05) is 28.8 Å². The minimum absolute atomic E-state index is 0.00676. The molecule has 30 heavy (non-hydrogen) atoms. The number of nitrogens with zero attached hydrogens (tertiary/aromatic N) is 2. The lowest BCUT2D eigenvalue weighted by Gasteiger charge is -2.09. The summed E-state index contributed by atoms with van der Waals surface area (Å²) in [6, 6.07) is 20.5. The molecule has 0 amide bonds. The van der Waals surface area contributed by atoms with Crippen molar-refractivity contribution in [1.82, 2.24) is 9.97 Å². The average molecular weight is 399 g/mol. The van der Waals surface area contributed by atoms with Gasteiger partial charge in [-0.15, -0.1) is 0 Å². The monoisotopic (exact) mass is 399 g/mol. The Morgan fingerprint density at radius 1 is 0.967 bits per heavy atom. The van der Waals surface area contributed by atoms with Crippen LogP contribution in [-0.4, -0.2) is 22.0 Å². The number of hydrogen-bond acceptors (Lipinski definition) is 4. The normalized spacial score (nSPS) is 10.8. The van der Waals surface area contributed by atoms with E-state index in [0.717, 1.165) is 22.3 Å². The van der Waals surface area contributed by atoms with E-state index in [0.29, 0.717) is 28.5 Å². The van der Waals surface area contributed by atoms with Crippen molar-refractivity contribution in [2.45, 2.75) is 13.8 Å². The summed E-state index contributed by atoms with van der Waals surface area (Å²) in [5.74, 6) is 1.24. The number of ether oxygens (including phenoxy) is 1. The first-order valence-electron chi connectivity index (χ1n) is 9.54. The number of aromatic nitrogens is 2. The van der Waals surface area contributed by atoms with E-state index in [1.807, 2.05) is 44.2 Å². The van der Waals surface area contributed by atoms with E-state index in [1.54, 1.807) is 13.2 Å². The van der Waals surface area contributed by atoms with Gasteiger partial charge in [-0.1, -0.05) is 48.0 Å². The number of aryl methyl sites for hydroxylation is 2. The Morgan fingerprint density at radius 3 is 2.43 bits per heavy atom. The van der Waals surface area contributed by atoms with Crippen LogP contribution in [0.2, 0.25) is 0 Å². The van der Waals surface area contributed by atoms with Gasteiger partial charge in [0.1, 0.15) is 11.6 Å². The fourth-order valence-corrected chi connectivity index (χ4v) is 3.50. The summed E-state index contributed by atoms with van der Waals surface area (Å²) < 4.78 is 5.51. The third-order valence-electron chi connectivity index (χ3n) is 5.06. The minimum Gasteiger partial charge on any atom is -0.496 e. The number of methoxy groups -OCH3 is 1. The number of non-ortho nitro benzene ring substituents is 1. The first-order chi connectivity index (χ1) is 14.5. The van der Waals surface area contributed by atoms with E-state index in [4.69, 9.17) is 9.72 Å². The van der Waals surface area contributed by atoms with Gasteiger partial charge >= 0.3 is 0 Å². The van der Waals surface area contributed by atoms with Crippen molar-refractivity contribution in [3.8, 4) is 39.7 Å². The molecule has 0 saturated heterocycles. The Hall–Kier alpha value is -3.93. The molecule has 3 aromatic carbocycles. The Balaban J connectivity index is 2.00. The number of nitro groups is 1. The van der Waals surface area contributed by atoms with Crippen LogP contribution in [0.4, 0.5) is 5.69 Å². The molecule has 1 heterocycles. The summed E-state index contributed by atoms with van der Waals surface area (Å²) in [7, 11) is 1.55. The van der Waals surface area contributed by atoms with Gasteiger partial charge in [-0.05, 0) is 31.5 Å². The highest BCUT2D eigenvalue weighted by Crippen LogP contribution is 2.39. The van der Waals surface area contributed by atoms with Gasteiger partial charge in [0.25, 0.3) is 5.69 Å². The predicted octanol–water partition coefficient (Wildman–Crippen LogP) is 5.94. The molecule has 4 aromatic rings. The number of nitrogens with one attached hydrogen (secondary N) is 1. The quantitative estimate of drug-likeness (QED) is 0.332. The van der Waals surface area contributed by atoms with Gasteiger partial charge in [0.2, 0.25) is 0 Å². The van der Waals surface area contributed by atoms with E-state index in [1.165, 1.54) is 12.1 Å². The summed E-state index contributed by atoms with van der Waals surface area (Å²) >= 11 is 0. The number of hydrogen-bond donors (Lipinski definition) is 1. The van der Waals surface area contributed by atoms with Crippen molar-refractivity contribution in [2.75, 3.05) is 7.11 Å². The molecule has 0 bridgehead atoms. The zero-order valence-electron chi connectivity index (χ0n) is 17.0. The second-order valence-corrected chi connectivity index (χ2v) is 7.14. The minimum atomic E-state index is -0.410. The Bertz CT molecular complexity index is 1230. The van der Waals surface area contributed by atoms with Crippen LogP contribution in [0, 0.1) is 24.0 Å². The molecule has 0 unspecified atom stereocenters. The molecule has 4 rings (SSSR count). The number of benzene rings is 3. The Morgan fingerprint density at radius 2 is 1.73 bits per heavy atom. The topological polar surface area (TPSA) is 81.0 Å². The summed E-state index contributed by atoms with van der Waals surface area (Å²) in [5, 5.41) is 11.4. The fourth-order valence-electron chi connectivity index (χ4n) is 3.50. The van der Waals surface area contributed by atoms with Crippen LogP contribution in [0.5, 0.6) is 5.75 Å². The van der Waals surface area contributed by atoms with Crippen molar-refractivity contribution < 1.29 is 9.66 Å². The fraction of sp³-hybridized carbons (Fsp3) is 0.125. The van der Waals surface area contributed by atoms with Crippen molar-refractivity contribution >= 4 is 5.69 Å². The van der Waals surface area contributed by atoms with Crippen LogP contribution < -0.4 is 4.74 Å². The van der Waals surface area contributed by atoms with Crippen LogP contribution in [0.25, 0.3) is 33.9 Å². The van der Waals surface area contributed by atoms with Gasteiger partial charge in [0.15, 0.2) is 0 Å². The molecule has 1 aromatic heterocycles. The maximum Gasteiger partial charge on any atom is 0.270 e. The SMILES string of the molecule is COc1ccc([N+](=O)[O-])cc1-c1[nH]c(-c2cc(C)ccc2C)nc1-c1ccccc1. The van der Waals surface area contributed by atoms with E-state index < -0.39 is 4.92 Å². The van der Waals surface area contributed by atoms with Crippen molar-refractivity contribution in [3.05, 3.63) is 88.0 Å². The van der Waals surface area contributed by atoms with Crippen LogP contribution in [0.1, 0.15) is 11.1 Å². The number of rotatable bonds is 5. The average Bonchev–Trinajstić information content (AvgIpc) is 3.20. The lowest BCUT2D eigenvalue weighted by atomic mass is 10.0. The number of nitro benzene ring substituents is 1. The molecule has 0 aliphatic heterocycles. The Labute approximate surface area is 174 Å². The van der Waals surface area contributed by atoms with Gasteiger partial charge in [-0.25, -0.2) is 4.98 Å². The highest BCUT2D eigenvalue weighted by Gasteiger charge is 2.21. The predicted molar refractivity (Wildman–Crippen MR) is 118 cm³/mol. The molecular weight excluding hydrogens is 378 g/mol.